The molecule has 1 aliphatic rings. The molecule has 1 aliphatic heterocycles. The Morgan fingerprint density at radius 1 is 1.07 bits per heavy atom. The van der Waals surface area contributed by atoms with Gasteiger partial charge in [-0.2, -0.15) is 0 Å². The number of aryl methyl sites for hydroxylation is 1. The number of carbonyl (C=O) groups is 3. The lowest BCUT2D eigenvalue weighted by atomic mass is 10.1. The summed E-state index contributed by atoms with van der Waals surface area (Å²) in [7, 11) is 3.18. The summed E-state index contributed by atoms with van der Waals surface area (Å²) in [6.07, 6.45) is 2.32. The first kappa shape index (κ1) is 32.6. The number of rotatable bonds is 9. The number of nitrogens with one attached hydrogen (secondary N) is 2. The molecule has 230 valence electrons. The minimum atomic E-state index is -0.945. The van der Waals surface area contributed by atoms with E-state index in [9.17, 15) is 14.4 Å². The summed E-state index contributed by atoms with van der Waals surface area (Å²) in [4.78, 5) is 51.3. The van der Waals surface area contributed by atoms with Crippen molar-refractivity contribution in [3.05, 3.63) is 42.2 Å². The van der Waals surface area contributed by atoms with Crippen molar-refractivity contribution >= 4 is 35.5 Å². The van der Waals surface area contributed by atoms with E-state index >= 15 is 0 Å². The third-order valence-electron chi connectivity index (χ3n) is 6.27. The summed E-state index contributed by atoms with van der Waals surface area (Å²) in [5.74, 6) is 0.205. The van der Waals surface area contributed by atoms with Crippen LogP contribution in [0, 0.1) is 0 Å². The van der Waals surface area contributed by atoms with Gasteiger partial charge in [0.05, 0.1) is 13.2 Å². The highest BCUT2D eigenvalue weighted by molar-refractivity contribution is 5.89. The van der Waals surface area contributed by atoms with Crippen molar-refractivity contribution in [3.8, 4) is 0 Å². The highest BCUT2D eigenvalue weighted by Crippen LogP contribution is 2.31. The number of amides is 2. The van der Waals surface area contributed by atoms with Gasteiger partial charge >= 0.3 is 18.2 Å². The number of carbonyl (C=O) groups excluding carboxylic acids is 3. The Hall–Kier alpha value is -3.93. The normalized spacial score (nSPS) is 17.0. The lowest BCUT2D eigenvalue weighted by Gasteiger charge is -2.31. The molecule has 2 aromatic heterocycles. The number of esters is 1. The molecule has 1 fully saturated rings. The van der Waals surface area contributed by atoms with Crippen LogP contribution in [0.2, 0.25) is 0 Å². The van der Waals surface area contributed by atoms with Gasteiger partial charge in [0.25, 0.3) is 0 Å². The summed E-state index contributed by atoms with van der Waals surface area (Å²) in [5, 5.41) is 6.43. The van der Waals surface area contributed by atoms with E-state index in [1.807, 2.05) is 19.2 Å². The first-order chi connectivity index (χ1) is 19.7. The number of hydrogen-bond acceptors (Lipinski definition) is 10. The van der Waals surface area contributed by atoms with Crippen LogP contribution in [-0.4, -0.2) is 83.6 Å². The molecule has 0 unspecified atom stereocenters. The lowest BCUT2D eigenvalue weighted by Crippen LogP contribution is -2.46. The summed E-state index contributed by atoms with van der Waals surface area (Å²) in [6, 6.07) is 7.48. The smallest absolute Gasteiger partial charge is 0.416 e. The van der Waals surface area contributed by atoms with E-state index in [0.29, 0.717) is 11.6 Å². The second kappa shape index (κ2) is 13.8. The summed E-state index contributed by atoms with van der Waals surface area (Å²) in [6.45, 7) is 11.5. The SMILES string of the molecule is CNCCCc1cc(Nc2cccc(N(C(=O)OC(C)(C)C)[C@H]3C[C@@H](C(=O)OC)N(C(=O)OC(C)(C)C)C3)n2)ccn1. The van der Waals surface area contributed by atoms with Crippen LogP contribution in [0.5, 0.6) is 0 Å². The summed E-state index contributed by atoms with van der Waals surface area (Å²) >= 11 is 0. The van der Waals surface area contributed by atoms with Crippen LogP contribution >= 0.6 is 0 Å². The molecule has 1 saturated heterocycles. The van der Waals surface area contributed by atoms with E-state index in [0.717, 1.165) is 30.8 Å². The molecule has 0 saturated carbocycles. The maximum Gasteiger partial charge on any atom is 0.416 e. The van der Waals surface area contributed by atoms with Crippen molar-refractivity contribution in [2.75, 3.05) is 37.5 Å². The van der Waals surface area contributed by atoms with E-state index in [1.165, 1.54) is 16.9 Å². The molecule has 2 N–H and O–H groups in total. The largest absolute Gasteiger partial charge is 0.467 e. The molecule has 0 radical (unpaired) electrons. The molecular formula is C30H44N6O6. The minimum Gasteiger partial charge on any atom is -0.467 e. The number of nitrogens with zero attached hydrogens (tertiary/aromatic N) is 4. The number of aromatic nitrogens is 2. The van der Waals surface area contributed by atoms with Crippen molar-refractivity contribution in [2.24, 2.45) is 0 Å². The van der Waals surface area contributed by atoms with Crippen LogP contribution in [0.15, 0.2) is 36.5 Å². The maximum atomic E-state index is 13.6. The van der Waals surface area contributed by atoms with Gasteiger partial charge in [0.1, 0.15) is 28.9 Å². The molecule has 42 heavy (non-hydrogen) atoms. The molecule has 2 aromatic rings. The standard InChI is InChI=1S/C30H44N6O6/c1-29(2,3)41-27(38)35-19-22(18-23(35)26(37)40-8)36(28(39)42-30(4,5)6)25-13-9-12-24(34-25)33-21-14-16-32-20(17-21)11-10-15-31-7/h9,12-14,16-17,22-23,31H,10-11,15,18-19H2,1-8H3,(H,32,33,34)/t22-,23-/m0/s1. The van der Waals surface area contributed by atoms with Gasteiger partial charge in [0, 0.05) is 30.5 Å². The lowest BCUT2D eigenvalue weighted by molar-refractivity contribution is -0.145. The zero-order chi connectivity index (χ0) is 31.1. The third kappa shape index (κ3) is 9.30. The van der Waals surface area contributed by atoms with Crippen LogP contribution in [0.4, 0.5) is 26.9 Å². The van der Waals surface area contributed by atoms with E-state index in [2.05, 4.69) is 15.6 Å². The molecule has 12 nitrogen and oxygen atoms in total. The maximum absolute atomic E-state index is 13.6. The molecule has 3 rings (SSSR count). The van der Waals surface area contributed by atoms with E-state index in [-0.39, 0.29) is 13.0 Å². The molecule has 3 heterocycles. The van der Waals surface area contributed by atoms with Crippen LogP contribution in [-0.2, 0) is 25.4 Å². The Bertz CT molecular complexity index is 1240. The predicted molar refractivity (Wildman–Crippen MR) is 160 cm³/mol. The zero-order valence-electron chi connectivity index (χ0n) is 25.9. The van der Waals surface area contributed by atoms with Gasteiger partial charge in [-0.15, -0.1) is 0 Å². The first-order valence-electron chi connectivity index (χ1n) is 14.1. The third-order valence-corrected chi connectivity index (χ3v) is 6.27. The number of ether oxygens (including phenoxy) is 3. The fraction of sp³-hybridized carbons (Fsp3) is 0.567. The van der Waals surface area contributed by atoms with Crippen LogP contribution < -0.4 is 15.5 Å². The summed E-state index contributed by atoms with van der Waals surface area (Å²) in [5.41, 5.74) is 0.184. The van der Waals surface area contributed by atoms with Gasteiger partial charge in [0.2, 0.25) is 0 Å². The van der Waals surface area contributed by atoms with Gasteiger partial charge in [0.15, 0.2) is 0 Å². The molecule has 12 heteroatoms. The van der Waals surface area contributed by atoms with E-state index < -0.39 is 41.4 Å². The molecule has 0 spiro atoms. The first-order valence-corrected chi connectivity index (χ1v) is 14.1. The van der Waals surface area contributed by atoms with Gasteiger partial charge in [-0.25, -0.2) is 19.4 Å². The second-order valence-electron chi connectivity index (χ2n) is 12.2. The van der Waals surface area contributed by atoms with Crippen LogP contribution in [0.1, 0.15) is 60.1 Å². The van der Waals surface area contributed by atoms with E-state index in [4.69, 9.17) is 19.2 Å². The predicted octanol–water partition coefficient (Wildman–Crippen LogP) is 4.66. The Kier molecular flexibility index (Phi) is 10.7. The molecule has 0 aromatic carbocycles. The van der Waals surface area contributed by atoms with Gasteiger partial charge in [-0.1, -0.05) is 6.07 Å². The fourth-order valence-corrected chi connectivity index (χ4v) is 4.54. The van der Waals surface area contributed by atoms with Gasteiger partial charge in [-0.05, 0) is 92.2 Å². The van der Waals surface area contributed by atoms with Crippen LogP contribution in [0.25, 0.3) is 0 Å². The van der Waals surface area contributed by atoms with Crippen molar-refractivity contribution in [2.45, 2.75) is 84.1 Å². The average Bonchev–Trinajstić information content (AvgIpc) is 3.32. The zero-order valence-corrected chi connectivity index (χ0v) is 25.9. The molecular weight excluding hydrogens is 540 g/mol. The molecule has 0 aliphatic carbocycles. The highest BCUT2D eigenvalue weighted by atomic mass is 16.6. The number of methoxy groups -OCH3 is 1. The minimum absolute atomic E-state index is 0.0214. The topological polar surface area (TPSA) is 135 Å². The second-order valence-corrected chi connectivity index (χ2v) is 12.2. The van der Waals surface area contributed by atoms with Crippen molar-refractivity contribution in [3.63, 3.8) is 0 Å². The van der Waals surface area contributed by atoms with Crippen molar-refractivity contribution in [1.82, 2.24) is 20.2 Å². The van der Waals surface area contributed by atoms with Gasteiger partial charge in [-0.3, -0.25) is 14.8 Å². The number of pyridine rings is 2. The number of likely N-dealkylation sites (tertiary alicyclic amines) is 1. The van der Waals surface area contributed by atoms with Crippen LogP contribution in [0.3, 0.4) is 0 Å². The number of hydrogen-bond donors (Lipinski definition) is 2. The Morgan fingerprint density at radius 2 is 1.79 bits per heavy atom. The van der Waals surface area contributed by atoms with Crippen molar-refractivity contribution < 1.29 is 28.6 Å². The molecule has 2 amide bonds. The number of anilines is 3. The Labute approximate surface area is 248 Å². The Morgan fingerprint density at radius 3 is 2.43 bits per heavy atom. The monoisotopic (exact) mass is 584 g/mol. The van der Waals surface area contributed by atoms with Gasteiger partial charge < -0.3 is 24.8 Å². The van der Waals surface area contributed by atoms with E-state index in [1.54, 1.807) is 65.9 Å². The quantitative estimate of drug-likeness (QED) is 0.243. The summed E-state index contributed by atoms with van der Waals surface area (Å²) < 4.78 is 16.3. The molecule has 2 atom stereocenters. The van der Waals surface area contributed by atoms with Crippen molar-refractivity contribution in [1.29, 1.82) is 0 Å². The molecule has 0 bridgehead atoms. The fourth-order valence-electron chi connectivity index (χ4n) is 4.54. The highest BCUT2D eigenvalue weighted by Gasteiger charge is 2.46. The Balaban J connectivity index is 1.93. The average molecular weight is 585 g/mol.